The molecule has 0 saturated carbocycles. The van der Waals surface area contributed by atoms with Crippen LogP contribution in [-0.4, -0.2) is 45.1 Å². The highest BCUT2D eigenvalue weighted by Gasteiger charge is 2.24. The molecule has 0 fully saturated rings. The number of carbonyl (C=O) groups is 2. The fourth-order valence-corrected chi connectivity index (χ4v) is 3.79. The Morgan fingerprint density at radius 3 is 2.81 bits per heavy atom. The minimum absolute atomic E-state index is 0.167. The van der Waals surface area contributed by atoms with Gasteiger partial charge in [-0.15, -0.1) is 10.2 Å². The van der Waals surface area contributed by atoms with E-state index in [4.69, 9.17) is 4.74 Å². The summed E-state index contributed by atoms with van der Waals surface area (Å²) in [5.41, 5.74) is 1.19. The lowest BCUT2D eigenvalue weighted by atomic mass is 10.1. The van der Waals surface area contributed by atoms with Crippen LogP contribution in [0.3, 0.4) is 0 Å². The molecule has 0 bridgehead atoms. The van der Waals surface area contributed by atoms with Crippen molar-refractivity contribution >= 4 is 34.2 Å². The smallest absolute Gasteiger partial charge is 0.358 e. The molecule has 0 aromatic carbocycles. The Hall–Kier alpha value is -2.55. The van der Waals surface area contributed by atoms with Crippen molar-refractivity contribution in [2.75, 3.05) is 18.5 Å². The third-order valence-corrected chi connectivity index (χ3v) is 5.05. The zero-order valence-corrected chi connectivity index (χ0v) is 16.5. The zero-order valence-electron chi connectivity index (χ0n) is 15.7. The molecule has 27 heavy (non-hydrogen) atoms. The Labute approximate surface area is 162 Å². The van der Waals surface area contributed by atoms with E-state index in [1.54, 1.807) is 19.1 Å². The molecule has 1 aliphatic rings. The van der Waals surface area contributed by atoms with E-state index in [-0.39, 0.29) is 11.6 Å². The summed E-state index contributed by atoms with van der Waals surface area (Å²) in [6, 6.07) is 3.23. The van der Waals surface area contributed by atoms with E-state index < -0.39 is 5.97 Å². The van der Waals surface area contributed by atoms with Crippen LogP contribution in [0.25, 0.3) is 0 Å². The molecule has 2 aromatic heterocycles. The first kappa shape index (κ1) is 19.2. The number of thiazole rings is 1. The highest BCUT2D eigenvalue weighted by atomic mass is 32.1. The van der Waals surface area contributed by atoms with E-state index in [0.29, 0.717) is 43.0 Å². The van der Waals surface area contributed by atoms with Gasteiger partial charge in [0.25, 0.3) is 0 Å². The highest BCUT2D eigenvalue weighted by Crippen LogP contribution is 2.30. The van der Waals surface area contributed by atoms with Gasteiger partial charge in [-0.1, -0.05) is 25.2 Å². The van der Waals surface area contributed by atoms with Crippen LogP contribution < -0.4 is 5.32 Å². The summed E-state index contributed by atoms with van der Waals surface area (Å²) in [5, 5.41) is 11.7. The average molecular weight is 389 g/mol. The van der Waals surface area contributed by atoms with Gasteiger partial charge in [-0.3, -0.25) is 4.79 Å². The lowest BCUT2D eigenvalue weighted by Gasteiger charge is -2.26. The van der Waals surface area contributed by atoms with Gasteiger partial charge in [0.1, 0.15) is 0 Å². The summed E-state index contributed by atoms with van der Waals surface area (Å²) in [6.45, 7) is 7.45. The minimum atomic E-state index is -0.493. The highest BCUT2D eigenvalue weighted by molar-refractivity contribution is 7.15. The number of fused-ring (bicyclic) bond motifs is 1. The molecule has 0 spiro atoms. The van der Waals surface area contributed by atoms with Crippen LogP contribution in [0.2, 0.25) is 0 Å². The van der Waals surface area contributed by atoms with Crippen LogP contribution in [0, 0.1) is 5.92 Å². The predicted molar refractivity (Wildman–Crippen MR) is 102 cm³/mol. The molecule has 9 heteroatoms. The number of hydrogen-bond acceptors (Lipinski definition) is 8. The number of hydrogen-bond donors (Lipinski definition) is 1. The Morgan fingerprint density at radius 1 is 1.33 bits per heavy atom. The summed E-state index contributed by atoms with van der Waals surface area (Å²) in [6.07, 6.45) is 1.33. The number of esters is 1. The van der Waals surface area contributed by atoms with Crippen molar-refractivity contribution in [1.29, 1.82) is 0 Å². The number of nitrogens with one attached hydrogen (secondary N) is 1. The second-order valence-corrected chi connectivity index (χ2v) is 7.79. The van der Waals surface area contributed by atoms with E-state index in [1.807, 2.05) is 4.90 Å². The molecule has 3 heterocycles. The van der Waals surface area contributed by atoms with Gasteiger partial charge in [0, 0.05) is 24.3 Å². The standard InChI is InChI=1S/C18H23N5O3S/c1-4-26-17(25)13-5-6-15(22-21-13)20-18-19-12-7-8-23(10-14(12)27-18)16(24)9-11(2)3/h5-6,11H,4,7-10H2,1-3H3,(H,19,20,22). The zero-order chi connectivity index (χ0) is 19.4. The van der Waals surface area contributed by atoms with Crippen molar-refractivity contribution in [1.82, 2.24) is 20.1 Å². The van der Waals surface area contributed by atoms with Gasteiger partial charge in [0.15, 0.2) is 16.6 Å². The number of aromatic nitrogens is 3. The Balaban J connectivity index is 1.64. The molecule has 0 saturated heterocycles. The molecule has 0 radical (unpaired) electrons. The first-order valence-electron chi connectivity index (χ1n) is 9.00. The second-order valence-electron chi connectivity index (χ2n) is 6.70. The fraction of sp³-hybridized carbons (Fsp3) is 0.500. The van der Waals surface area contributed by atoms with Crippen LogP contribution in [-0.2, 0) is 22.5 Å². The van der Waals surface area contributed by atoms with Crippen molar-refractivity contribution in [3.05, 3.63) is 28.4 Å². The third kappa shape index (κ3) is 4.79. The maximum atomic E-state index is 12.3. The van der Waals surface area contributed by atoms with Crippen molar-refractivity contribution in [3.63, 3.8) is 0 Å². The molecule has 8 nitrogen and oxygen atoms in total. The largest absolute Gasteiger partial charge is 0.461 e. The van der Waals surface area contributed by atoms with Crippen molar-refractivity contribution < 1.29 is 14.3 Å². The molecule has 1 N–H and O–H groups in total. The first-order chi connectivity index (χ1) is 13.0. The van der Waals surface area contributed by atoms with Crippen LogP contribution in [0.4, 0.5) is 10.9 Å². The summed E-state index contributed by atoms with van der Waals surface area (Å²) in [7, 11) is 0. The van der Waals surface area contributed by atoms with E-state index >= 15 is 0 Å². The number of carbonyl (C=O) groups excluding carboxylic acids is 2. The molecular formula is C18H23N5O3S. The SMILES string of the molecule is CCOC(=O)c1ccc(Nc2nc3c(s2)CN(C(=O)CC(C)C)CC3)nn1. The molecule has 3 rings (SSSR count). The molecule has 0 atom stereocenters. The summed E-state index contributed by atoms with van der Waals surface area (Å²) >= 11 is 1.51. The van der Waals surface area contributed by atoms with Gasteiger partial charge in [0.2, 0.25) is 5.91 Å². The number of rotatable bonds is 6. The van der Waals surface area contributed by atoms with Gasteiger partial charge in [-0.2, -0.15) is 0 Å². The van der Waals surface area contributed by atoms with Crippen molar-refractivity contribution in [2.45, 2.75) is 40.2 Å². The maximum Gasteiger partial charge on any atom is 0.358 e. The van der Waals surface area contributed by atoms with E-state index in [1.165, 1.54) is 11.3 Å². The topological polar surface area (TPSA) is 97.3 Å². The van der Waals surface area contributed by atoms with Crippen LogP contribution in [0.15, 0.2) is 12.1 Å². The Bertz CT molecular complexity index is 819. The van der Waals surface area contributed by atoms with Crippen molar-refractivity contribution in [2.24, 2.45) is 5.92 Å². The summed E-state index contributed by atoms with van der Waals surface area (Å²) in [4.78, 5) is 31.5. The first-order valence-corrected chi connectivity index (χ1v) is 9.82. The fourth-order valence-electron chi connectivity index (χ4n) is 2.76. The maximum absolute atomic E-state index is 12.3. The monoisotopic (exact) mass is 389 g/mol. The minimum Gasteiger partial charge on any atom is -0.461 e. The van der Waals surface area contributed by atoms with Gasteiger partial charge in [0.05, 0.1) is 18.8 Å². The number of ether oxygens (including phenoxy) is 1. The van der Waals surface area contributed by atoms with Gasteiger partial charge >= 0.3 is 5.97 Å². The Kier molecular flexibility index (Phi) is 6.00. The quantitative estimate of drug-likeness (QED) is 0.759. The third-order valence-electron chi connectivity index (χ3n) is 4.05. The molecule has 0 aliphatic carbocycles. The second kappa shape index (κ2) is 8.43. The predicted octanol–water partition coefficient (Wildman–Crippen LogP) is 2.78. The summed E-state index contributed by atoms with van der Waals surface area (Å²) < 4.78 is 4.89. The number of amides is 1. The summed E-state index contributed by atoms with van der Waals surface area (Å²) in [5.74, 6) is 0.557. The van der Waals surface area contributed by atoms with E-state index in [0.717, 1.165) is 17.0 Å². The van der Waals surface area contributed by atoms with Crippen molar-refractivity contribution in [3.8, 4) is 0 Å². The van der Waals surface area contributed by atoms with Gasteiger partial charge in [-0.05, 0) is 25.0 Å². The van der Waals surface area contributed by atoms with E-state index in [2.05, 4.69) is 34.3 Å². The molecule has 0 unspecified atom stereocenters. The van der Waals surface area contributed by atoms with Crippen LogP contribution in [0.5, 0.6) is 0 Å². The molecule has 1 amide bonds. The lowest BCUT2D eigenvalue weighted by molar-refractivity contribution is -0.132. The average Bonchev–Trinajstić information content (AvgIpc) is 3.03. The molecule has 2 aromatic rings. The number of anilines is 2. The molecular weight excluding hydrogens is 366 g/mol. The Morgan fingerprint density at radius 2 is 2.15 bits per heavy atom. The molecule has 1 aliphatic heterocycles. The van der Waals surface area contributed by atoms with Crippen LogP contribution in [0.1, 0.15) is 48.3 Å². The molecule has 144 valence electrons. The van der Waals surface area contributed by atoms with E-state index in [9.17, 15) is 9.59 Å². The van der Waals surface area contributed by atoms with Gasteiger partial charge < -0.3 is 15.0 Å². The van der Waals surface area contributed by atoms with Gasteiger partial charge in [-0.25, -0.2) is 9.78 Å². The van der Waals surface area contributed by atoms with Crippen LogP contribution >= 0.6 is 11.3 Å². The normalized spacial score (nSPS) is 13.4. The lowest BCUT2D eigenvalue weighted by Crippen LogP contribution is -2.36. The number of nitrogens with zero attached hydrogens (tertiary/aromatic N) is 4.